The highest BCUT2D eigenvalue weighted by molar-refractivity contribution is 5.82. The molecule has 86 valence electrons. The Morgan fingerprint density at radius 2 is 2.19 bits per heavy atom. The fraction of sp³-hybridized carbons (Fsp3) is 0.500. The van der Waals surface area contributed by atoms with Crippen LogP contribution in [0.15, 0.2) is 17.1 Å². The minimum absolute atomic E-state index is 0.212. The average Bonchev–Trinajstić information content (AvgIpc) is 2.46. The van der Waals surface area contributed by atoms with Crippen LogP contribution in [0.5, 0.6) is 0 Å². The first-order valence-electron chi connectivity index (χ1n) is 5.11. The van der Waals surface area contributed by atoms with Crippen LogP contribution < -0.4 is 11.0 Å². The predicted molar refractivity (Wildman–Crippen MR) is 57.8 cm³/mol. The summed E-state index contributed by atoms with van der Waals surface area (Å²) in [5.74, 6) is 0.388. The van der Waals surface area contributed by atoms with E-state index in [1.54, 1.807) is 14.0 Å². The Morgan fingerprint density at radius 1 is 1.50 bits per heavy atom. The number of allylic oxidation sites excluding steroid dienone is 1. The molecular formula is C10H14N4O2. The second kappa shape index (κ2) is 3.62. The molecule has 1 fully saturated rings. The van der Waals surface area contributed by atoms with E-state index in [0.29, 0.717) is 24.4 Å². The van der Waals surface area contributed by atoms with Crippen LogP contribution in [-0.2, 0) is 11.8 Å². The van der Waals surface area contributed by atoms with Crippen molar-refractivity contribution in [3.63, 3.8) is 0 Å². The van der Waals surface area contributed by atoms with Crippen molar-refractivity contribution in [1.29, 1.82) is 0 Å². The van der Waals surface area contributed by atoms with Crippen molar-refractivity contribution < 1.29 is 4.79 Å². The van der Waals surface area contributed by atoms with E-state index in [9.17, 15) is 9.59 Å². The van der Waals surface area contributed by atoms with Gasteiger partial charge in [0.2, 0.25) is 5.91 Å². The molecule has 1 aromatic rings. The van der Waals surface area contributed by atoms with Crippen LogP contribution in [0.3, 0.4) is 0 Å². The third kappa shape index (κ3) is 1.56. The molecule has 0 bridgehead atoms. The van der Waals surface area contributed by atoms with Crippen LogP contribution >= 0.6 is 0 Å². The van der Waals surface area contributed by atoms with Crippen molar-refractivity contribution in [1.82, 2.24) is 19.7 Å². The van der Waals surface area contributed by atoms with Gasteiger partial charge in [0, 0.05) is 12.7 Å². The molecule has 6 nitrogen and oxygen atoms in total. The first-order valence-corrected chi connectivity index (χ1v) is 5.11. The Kier molecular flexibility index (Phi) is 2.41. The number of carbonyl (C=O) groups is 1. The van der Waals surface area contributed by atoms with Gasteiger partial charge in [-0.2, -0.15) is 5.10 Å². The van der Waals surface area contributed by atoms with E-state index in [0.717, 1.165) is 0 Å². The van der Waals surface area contributed by atoms with E-state index in [-0.39, 0.29) is 11.6 Å². The van der Waals surface area contributed by atoms with Gasteiger partial charge in [-0.05, 0) is 19.8 Å². The minimum Gasteiger partial charge on any atom is -0.329 e. The molecule has 1 aromatic heterocycles. The zero-order chi connectivity index (χ0) is 11.9. The highest BCUT2D eigenvalue weighted by atomic mass is 16.2. The Labute approximate surface area is 92.6 Å². The topological polar surface area (TPSA) is 68.9 Å². The summed E-state index contributed by atoms with van der Waals surface area (Å²) >= 11 is 0. The fourth-order valence-electron chi connectivity index (χ4n) is 1.76. The monoisotopic (exact) mass is 222 g/mol. The van der Waals surface area contributed by atoms with Gasteiger partial charge in [0.15, 0.2) is 0 Å². The Hall–Kier alpha value is -1.85. The van der Waals surface area contributed by atoms with Crippen LogP contribution in [0.1, 0.15) is 24.7 Å². The SMILES string of the molecule is C=C1CCC(n2nc(C)n(C)c2=O)C(=O)N1. The van der Waals surface area contributed by atoms with Crippen molar-refractivity contribution in [2.75, 3.05) is 0 Å². The number of hydrogen-bond donors (Lipinski definition) is 1. The lowest BCUT2D eigenvalue weighted by Gasteiger charge is -2.22. The highest BCUT2D eigenvalue weighted by Crippen LogP contribution is 2.19. The number of piperidine rings is 1. The second-order valence-electron chi connectivity index (χ2n) is 3.98. The van der Waals surface area contributed by atoms with Gasteiger partial charge in [0.25, 0.3) is 0 Å². The second-order valence-corrected chi connectivity index (χ2v) is 3.98. The van der Waals surface area contributed by atoms with Crippen molar-refractivity contribution >= 4 is 5.91 Å². The number of nitrogens with zero attached hydrogens (tertiary/aromatic N) is 3. The minimum atomic E-state index is -0.516. The summed E-state index contributed by atoms with van der Waals surface area (Å²) in [5.41, 5.74) is 0.437. The first kappa shape index (κ1) is 10.7. The number of amides is 1. The number of carbonyl (C=O) groups excluding carboxylic acids is 1. The third-order valence-corrected chi connectivity index (χ3v) is 2.84. The van der Waals surface area contributed by atoms with Crippen molar-refractivity contribution in [2.24, 2.45) is 7.05 Å². The molecule has 2 heterocycles. The smallest absolute Gasteiger partial charge is 0.329 e. The summed E-state index contributed by atoms with van der Waals surface area (Å²) < 4.78 is 2.67. The third-order valence-electron chi connectivity index (χ3n) is 2.84. The van der Waals surface area contributed by atoms with Gasteiger partial charge in [-0.25, -0.2) is 9.48 Å². The van der Waals surface area contributed by atoms with Crippen molar-refractivity contribution in [3.05, 3.63) is 28.6 Å². The van der Waals surface area contributed by atoms with E-state index >= 15 is 0 Å². The van der Waals surface area contributed by atoms with Gasteiger partial charge in [-0.1, -0.05) is 6.58 Å². The lowest BCUT2D eigenvalue weighted by Crippen LogP contribution is -2.40. The standard InChI is InChI=1S/C10H14N4O2/c1-6-4-5-8(9(15)11-6)14-10(16)13(3)7(2)12-14/h8H,1,4-5H2,2-3H3,(H,11,15). The zero-order valence-electron chi connectivity index (χ0n) is 9.36. The van der Waals surface area contributed by atoms with E-state index in [2.05, 4.69) is 17.0 Å². The van der Waals surface area contributed by atoms with Crippen molar-refractivity contribution in [2.45, 2.75) is 25.8 Å². The predicted octanol–water partition coefficient (Wildman–Crippen LogP) is -0.145. The van der Waals surface area contributed by atoms with E-state index in [1.807, 2.05) is 0 Å². The Bertz CT molecular complexity index is 511. The molecule has 6 heteroatoms. The van der Waals surface area contributed by atoms with Gasteiger partial charge >= 0.3 is 5.69 Å². The maximum absolute atomic E-state index is 11.8. The summed E-state index contributed by atoms with van der Waals surface area (Å²) in [7, 11) is 1.64. The van der Waals surface area contributed by atoms with Crippen molar-refractivity contribution in [3.8, 4) is 0 Å². The van der Waals surface area contributed by atoms with Gasteiger partial charge < -0.3 is 5.32 Å². The molecule has 1 aliphatic heterocycles. The quantitative estimate of drug-likeness (QED) is 0.718. The lowest BCUT2D eigenvalue weighted by molar-refractivity contribution is -0.125. The molecule has 16 heavy (non-hydrogen) atoms. The Balaban J connectivity index is 2.38. The number of hydrogen-bond acceptors (Lipinski definition) is 3. The summed E-state index contributed by atoms with van der Waals surface area (Å²) in [5, 5.41) is 6.73. The molecular weight excluding hydrogens is 208 g/mol. The van der Waals surface area contributed by atoms with Crippen LogP contribution in [0.25, 0.3) is 0 Å². The first-order chi connectivity index (χ1) is 7.50. The fourth-order valence-corrected chi connectivity index (χ4v) is 1.76. The number of rotatable bonds is 1. The number of nitrogens with one attached hydrogen (secondary N) is 1. The number of aryl methyl sites for hydroxylation is 1. The molecule has 1 atom stereocenters. The highest BCUT2D eigenvalue weighted by Gasteiger charge is 2.28. The van der Waals surface area contributed by atoms with Crippen LogP contribution in [0.2, 0.25) is 0 Å². The molecule has 0 saturated carbocycles. The van der Waals surface area contributed by atoms with Crippen LogP contribution in [-0.4, -0.2) is 20.3 Å². The van der Waals surface area contributed by atoms with Gasteiger partial charge in [0.1, 0.15) is 11.9 Å². The average molecular weight is 222 g/mol. The maximum Gasteiger partial charge on any atom is 0.346 e. The molecule has 0 aliphatic carbocycles. The normalized spacial score (nSPS) is 21.0. The summed E-state index contributed by atoms with van der Waals surface area (Å²) in [4.78, 5) is 23.5. The summed E-state index contributed by atoms with van der Waals surface area (Å²) in [6.07, 6.45) is 1.25. The van der Waals surface area contributed by atoms with Gasteiger partial charge in [0.05, 0.1) is 0 Å². The molecule has 1 aliphatic rings. The largest absolute Gasteiger partial charge is 0.346 e. The molecule has 0 aromatic carbocycles. The summed E-state index contributed by atoms with van der Waals surface area (Å²) in [6.45, 7) is 5.43. The maximum atomic E-state index is 11.8. The molecule has 1 amide bonds. The Morgan fingerprint density at radius 3 is 2.69 bits per heavy atom. The van der Waals surface area contributed by atoms with E-state index in [1.165, 1.54) is 9.25 Å². The molecule has 1 saturated heterocycles. The molecule has 1 N–H and O–H groups in total. The van der Waals surface area contributed by atoms with Crippen LogP contribution in [0.4, 0.5) is 0 Å². The molecule has 0 radical (unpaired) electrons. The van der Waals surface area contributed by atoms with Gasteiger partial charge in [-0.3, -0.25) is 9.36 Å². The molecule has 0 spiro atoms. The van der Waals surface area contributed by atoms with Gasteiger partial charge in [-0.15, -0.1) is 0 Å². The van der Waals surface area contributed by atoms with E-state index < -0.39 is 6.04 Å². The van der Waals surface area contributed by atoms with Crippen LogP contribution in [0, 0.1) is 6.92 Å². The summed E-state index contributed by atoms with van der Waals surface area (Å²) in [6, 6.07) is -0.516. The zero-order valence-corrected chi connectivity index (χ0v) is 9.36. The molecule has 1 unspecified atom stereocenters. The number of aromatic nitrogens is 3. The van der Waals surface area contributed by atoms with E-state index in [4.69, 9.17) is 0 Å². The molecule has 2 rings (SSSR count). The lowest BCUT2D eigenvalue weighted by atomic mass is 10.1.